The average Bonchev–Trinajstić information content (AvgIpc) is 3.23. The Balaban J connectivity index is 1.61. The molecule has 1 atom stereocenters. The van der Waals surface area contributed by atoms with Crippen LogP contribution in [0, 0.1) is 0 Å². The lowest BCUT2D eigenvalue weighted by Gasteiger charge is -2.19. The molecule has 0 spiro atoms. The number of hydrogen-bond acceptors (Lipinski definition) is 3. The number of amides is 2. The van der Waals surface area contributed by atoms with Crippen LogP contribution in [0.15, 0.2) is 79.0 Å². The number of benzene rings is 3. The van der Waals surface area contributed by atoms with Crippen molar-refractivity contribution in [3.8, 4) is 5.75 Å². The monoisotopic (exact) mass is 413 g/mol. The van der Waals surface area contributed by atoms with E-state index in [0.29, 0.717) is 17.7 Å². The second-order valence-corrected chi connectivity index (χ2v) is 7.27. The van der Waals surface area contributed by atoms with Gasteiger partial charge in [-0.2, -0.15) is 0 Å². The highest BCUT2D eigenvalue weighted by Gasteiger charge is 2.20. The average molecular weight is 413 g/mol. The van der Waals surface area contributed by atoms with Crippen molar-refractivity contribution in [3.05, 3.63) is 101 Å². The molecular weight excluding hydrogens is 390 g/mol. The summed E-state index contributed by atoms with van der Waals surface area (Å²) < 4.78 is 5.28. The fraction of sp³-hybridized carbons (Fsp3) is 0.120. The number of carbonyl (C=O) groups excluding carboxylic acids is 2. The van der Waals surface area contributed by atoms with E-state index in [1.807, 2.05) is 48.7 Å². The smallest absolute Gasteiger partial charge is 0.251 e. The molecule has 2 amide bonds. The Kier molecular flexibility index (Phi) is 5.71. The van der Waals surface area contributed by atoms with Crippen LogP contribution in [0.4, 0.5) is 0 Å². The number of fused-ring (bicyclic) bond motifs is 1. The number of hydrogen-bond donors (Lipinski definition) is 3. The number of carbonyl (C=O) groups is 2. The SMILES string of the molecule is COc1ccc(C(CNC(=O)c2ccc(C(N)=O)cc2)c2c[nH]c3ccccc23)cc1. The fourth-order valence-corrected chi connectivity index (χ4v) is 3.71. The molecule has 0 fully saturated rings. The van der Waals surface area contributed by atoms with Gasteiger partial charge in [-0.15, -0.1) is 0 Å². The number of para-hydroxylation sites is 1. The summed E-state index contributed by atoms with van der Waals surface area (Å²) in [6.45, 7) is 0.407. The summed E-state index contributed by atoms with van der Waals surface area (Å²) in [7, 11) is 1.63. The second kappa shape index (κ2) is 8.75. The van der Waals surface area contributed by atoms with Gasteiger partial charge in [-0.25, -0.2) is 0 Å². The molecule has 0 bridgehead atoms. The van der Waals surface area contributed by atoms with E-state index >= 15 is 0 Å². The molecule has 156 valence electrons. The number of aromatic amines is 1. The van der Waals surface area contributed by atoms with E-state index in [4.69, 9.17) is 10.5 Å². The third-order valence-corrected chi connectivity index (χ3v) is 5.41. The maximum Gasteiger partial charge on any atom is 0.251 e. The van der Waals surface area contributed by atoms with Gasteiger partial charge in [0.25, 0.3) is 5.91 Å². The standard InChI is InChI=1S/C25H23N3O3/c1-31-19-12-10-16(11-13-19)21(22-15-27-23-5-3-2-4-20(22)23)14-28-25(30)18-8-6-17(7-9-18)24(26)29/h2-13,15,21,27H,14H2,1H3,(H2,26,29)(H,28,30). The van der Waals surface area contributed by atoms with Gasteiger partial charge in [-0.05, 0) is 53.6 Å². The van der Waals surface area contributed by atoms with Gasteiger partial charge >= 0.3 is 0 Å². The van der Waals surface area contributed by atoms with Gasteiger partial charge in [-0.1, -0.05) is 30.3 Å². The molecule has 4 aromatic rings. The number of nitrogens with one attached hydrogen (secondary N) is 2. The van der Waals surface area contributed by atoms with Crippen LogP contribution in [0.5, 0.6) is 5.75 Å². The van der Waals surface area contributed by atoms with E-state index in [1.165, 1.54) is 0 Å². The van der Waals surface area contributed by atoms with Crippen molar-refractivity contribution in [2.75, 3.05) is 13.7 Å². The summed E-state index contributed by atoms with van der Waals surface area (Å²) in [5, 5.41) is 4.14. The third-order valence-electron chi connectivity index (χ3n) is 5.41. The van der Waals surface area contributed by atoms with Gasteiger partial charge in [0.1, 0.15) is 5.75 Å². The zero-order valence-corrected chi connectivity index (χ0v) is 17.1. The molecule has 4 N–H and O–H groups in total. The van der Waals surface area contributed by atoms with Crippen molar-refractivity contribution in [2.45, 2.75) is 5.92 Å². The highest BCUT2D eigenvalue weighted by atomic mass is 16.5. The lowest BCUT2D eigenvalue weighted by molar-refractivity contribution is 0.0949. The van der Waals surface area contributed by atoms with Crippen molar-refractivity contribution in [1.82, 2.24) is 10.3 Å². The van der Waals surface area contributed by atoms with Crippen LogP contribution < -0.4 is 15.8 Å². The van der Waals surface area contributed by atoms with Gasteiger partial charge in [0, 0.05) is 40.7 Å². The molecule has 31 heavy (non-hydrogen) atoms. The topological polar surface area (TPSA) is 97.2 Å². The predicted octanol–water partition coefficient (Wildman–Crippen LogP) is 3.84. The Bertz CT molecular complexity index is 1210. The first-order valence-electron chi connectivity index (χ1n) is 9.95. The fourth-order valence-electron chi connectivity index (χ4n) is 3.71. The first kappa shape index (κ1) is 20.2. The Morgan fingerprint density at radius 3 is 2.32 bits per heavy atom. The van der Waals surface area contributed by atoms with E-state index in [1.54, 1.807) is 31.4 Å². The number of primary amides is 1. The van der Waals surface area contributed by atoms with Crippen LogP contribution >= 0.6 is 0 Å². The molecule has 1 unspecified atom stereocenters. The zero-order chi connectivity index (χ0) is 21.8. The van der Waals surface area contributed by atoms with Crippen LogP contribution in [-0.4, -0.2) is 30.5 Å². The Hall–Kier alpha value is -4.06. The van der Waals surface area contributed by atoms with Crippen molar-refractivity contribution >= 4 is 22.7 Å². The van der Waals surface area contributed by atoms with Crippen LogP contribution in [0.1, 0.15) is 37.8 Å². The number of ether oxygens (including phenoxy) is 1. The number of nitrogens with two attached hydrogens (primary N) is 1. The molecule has 0 aliphatic heterocycles. The van der Waals surface area contributed by atoms with Gasteiger partial charge in [0.05, 0.1) is 7.11 Å². The molecule has 1 aromatic heterocycles. The van der Waals surface area contributed by atoms with Crippen LogP contribution in [0.2, 0.25) is 0 Å². The molecular formula is C25H23N3O3. The molecule has 0 saturated heterocycles. The first-order chi connectivity index (χ1) is 15.1. The van der Waals surface area contributed by atoms with E-state index in [2.05, 4.69) is 16.4 Å². The maximum absolute atomic E-state index is 12.7. The van der Waals surface area contributed by atoms with Gasteiger partial charge in [0.2, 0.25) is 5.91 Å². The number of H-pyrrole nitrogens is 1. The first-order valence-corrected chi connectivity index (χ1v) is 9.95. The molecule has 0 aliphatic carbocycles. The molecule has 0 radical (unpaired) electrons. The minimum atomic E-state index is -0.522. The largest absolute Gasteiger partial charge is 0.497 e. The number of methoxy groups -OCH3 is 1. The molecule has 0 aliphatic rings. The normalized spacial score (nSPS) is 11.8. The third kappa shape index (κ3) is 4.28. The highest BCUT2D eigenvalue weighted by molar-refractivity contribution is 5.97. The van der Waals surface area contributed by atoms with E-state index in [-0.39, 0.29) is 11.8 Å². The van der Waals surface area contributed by atoms with Crippen LogP contribution in [-0.2, 0) is 0 Å². The lowest BCUT2D eigenvalue weighted by atomic mass is 9.90. The van der Waals surface area contributed by atoms with Crippen molar-refractivity contribution in [2.24, 2.45) is 5.73 Å². The summed E-state index contributed by atoms with van der Waals surface area (Å²) in [4.78, 5) is 27.3. The number of aromatic nitrogens is 1. The van der Waals surface area contributed by atoms with E-state index in [0.717, 1.165) is 27.8 Å². The van der Waals surface area contributed by atoms with E-state index in [9.17, 15) is 9.59 Å². The summed E-state index contributed by atoms with van der Waals surface area (Å²) >= 11 is 0. The minimum Gasteiger partial charge on any atom is -0.497 e. The van der Waals surface area contributed by atoms with Crippen molar-refractivity contribution in [3.63, 3.8) is 0 Å². The van der Waals surface area contributed by atoms with Gasteiger partial charge in [0.15, 0.2) is 0 Å². The quantitative estimate of drug-likeness (QED) is 0.429. The molecule has 1 heterocycles. The van der Waals surface area contributed by atoms with Crippen LogP contribution in [0.25, 0.3) is 10.9 Å². The minimum absolute atomic E-state index is 0.0594. The zero-order valence-electron chi connectivity index (χ0n) is 17.1. The molecule has 3 aromatic carbocycles. The number of rotatable bonds is 7. The summed E-state index contributed by atoms with van der Waals surface area (Å²) in [6, 6.07) is 22.3. The molecule has 6 heteroatoms. The summed E-state index contributed by atoms with van der Waals surface area (Å²) in [5.74, 6) is -0.0175. The Morgan fingerprint density at radius 1 is 0.968 bits per heavy atom. The van der Waals surface area contributed by atoms with Crippen LogP contribution in [0.3, 0.4) is 0 Å². The summed E-state index contributed by atoms with van der Waals surface area (Å²) in [5.41, 5.74) is 9.32. The van der Waals surface area contributed by atoms with E-state index < -0.39 is 5.91 Å². The predicted molar refractivity (Wildman–Crippen MR) is 120 cm³/mol. The molecule has 4 rings (SSSR count). The molecule has 0 saturated carbocycles. The highest BCUT2D eigenvalue weighted by Crippen LogP contribution is 2.31. The maximum atomic E-state index is 12.7. The molecule has 6 nitrogen and oxygen atoms in total. The Morgan fingerprint density at radius 2 is 1.65 bits per heavy atom. The van der Waals surface area contributed by atoms with Crippen molar-refractivity contribution < 1.29 is 14.3 Å². The van der Waals surface area contributed by atoms with Crippen molar-refractivity contribution in [1.29, 1.82) is 0 Å². The van der Waals surface area contributed by atoms with Gasteiger partial charge in [-0.3, -0.25) is 9.59 Å². The summed E-state index contributed by atoms with van der Waals surface area (Å²) in [6.07, 6.45) is 1.99. The lowest BCUT2D eigenvalue weighted by Crippen LogP contribution is -2.29. The second-order valence-electron chi connectivity index (χ2n) is 7.27. The Labute approximate surface area is 180 Å². The van der Waals surface area contributed by atoms with Gasteiger partial charge < -0.3 is 20.8 Å².